The van der Waals surface area contributed by atoms with Gasteiger partial charge in [-0.25, -0.2) is 9.97 Å². The van der Waals surface area contributed by atoms with Gasteiger partial charge in [-0.3, -0.25) is 4.79 Å². The van der Waals surface area contributed by atoms with Crippen molar-refractivity contribution in [3.63, 3.8) is 0 Å². The Labute approximate surface area is 139 Å². The first-order valence-corrected chi connectivity index (χ1v) is 6.72. The van der Waals surface area contributed by atoms with E-state index in [0.717, 1.165) is 0 Å². The number of amides is 1. The highest BCUT2D eigenvalue weighted by Crippen LogP contribution is 2.19. The summed E-state index contributed by atoms with van der Waals surface area (Å²) in [5.41, 5.74) is 0.00576. The molecule has 0 spiro atoms. The molecule has 12 heteroatoms. The molecule has 1 amide bonds. The van der Waals surface area contributed by atoms with Crippen LogP contribution in [0.4, 0.5) is 30.5 Å². The summed E-state index contributed by atoms with van der Waals surface area (Å²) < 4.78 is 36.5. The van der Waals surface area contributed by atoms with Gasteiger partial charge < -0.3 is 16.0 Å². The SMILES string of the molecule is CNc1cc(Nc2cnc(C#N)cn2)nnc1C(=O)NCC(F)(F)F. The van der Waals surface area contributed by atoms with E-state index in [1.54, 1.807) is 5.32 Å². The third-order valence-corrected chi connectivity index (χ3v) is 2.75. The highest BCUT2D eigenvalue weighted by atomic mass is 19.4. The van der Waals surface area contributed by atoms with Gasteiger partial charge in [0.05, 0.1) is 18.1 Å². The van der Waals surface area contributed by atoms with Crippen molar-refractivity contribution in [2.45, 2.75) is 6.18 Å². The summed E-state index contributed by atoms with van der Waals surface area (Å²) in [6.45, 7) is -1.47. The zero-order chi connectivity index (χ0) is 18.4. The van der Waals surface area contributed by atoms with Gasteiger partial charge in [0.1, 0.15) is 18.4 Å². The molecule has 3 N–H and O–H groups in total. The molecule has 2 heterocycles. The number of nitrogens with one attached hydrogen (secondary N) is 3. The van der Waals surface area contributed by atoms with Crippen LogP contribution in [0.25, 0.3) is 0 Å². The number of nitrogens with zero attached hydrogens (tertiary/aromatic N) is 5. The quantitative estimate of drug-likeness (QED) is 0.732. The van der Waals surface area contributed by atoms with E-state index in [9.17, 15) is 18.0 Å². The maximum atomic E-state index is 12.2. The van der Waals surface area contributed by atoms with E-state index in [-0.39, 0.29) is 28.7 Å². The molecule has 0 unspecified atom stereocenters. The Balaban J connectivity index is 2.15. The van der Waals surface area contributed by atoms with Crippen LogP contribution in [0, 0.1) is 11.3 Å². The van der Waals surface area contributed by atoms with Crippen LogP contribution < -0.4 is 16.0 Å². The molecular formula is C13H11F3N8O. The largest absolute Gasteiger partial charge is 0.405 e. The van der Waals surface area contributed by atoms with Crippen LogP contribution in [0.5, 0.6) is 0 Å². The van der Waals surface area contributed by atoms with Crippen LogP contribution in [0.1, 0.15) is 16.2 Å². The predicted molar refractivity (Wildman–Crippen MR) is 80.0 cm³/mol. The zero-order valence-electron chi connectivity index (χ0n) is 12.7. The van der Waals surface area contributed by atoms with E-state index in [0.29, 0.717) is 0 Å². The number of carbonyl (C=O) groups excluding carboxylic acids is 1. The van der Waals surface area contributed by atoms with Crippen LogP contribution in [0.2, 0.25) is 0 Å². The van der Waals surface area contributed by atoms with E-state index in [1.165, 1.54) is 25.5 Å². The number of alkyl halides is 3. The van der Waals surface area contributed by atoms with Crippen LogP contribution in [0.3, 0.4) is 0 Å². The van der Waals surface area contributed by atoms with Crippen molar-refractivity contribution in [2.75, 3.05) is 24.2 Å². The molecule has 2 rings (SSSR count). The Morgan fingerprint density at radius 1 is 1.24 bits per heavy atom. The Hall–Kier alpha value is -3.49. The van der Waals surface area contributed by atoms with Crippen molar-refractivity contribution < 1.29 is 18.0 Å². The van der Waals surface area contributed by atoms with Crippen molar-refractivity contribution in [3.05, 3.63) is 29.8 Å². The van der Waals surface area contributed by atoms with Gasteiger partial charge in [-0.1, -0.05) is 0 Å². The lowest BCUT2D eigenvalue weighted by molar-refractivity contribution is -0.123. The summed E-state index contributed by atoms with van der Waals surface area (Å²) in [5, 5.41) is 23.1. The first kappa shape index (κ1) is 17.9. The summed E-state index contributed by atoms with van der Waals surface area (Å²) in [4.78, 5) is 19.5. The van der Waals surface area contributed by atoms with Crippen molar-refractivity contribution in [3.8, 4) is 6.07 Å². The number of aromatic nitrogens is 4. The molecule has 0 bridgehead atoms. The molecule has 0 saturated heterocycles. The second-order valence-corrected chi connectivity index (χ2v) is 4.56. The molecule has 0 atom stereocenters. The molecule has 0 aliphatic carbocycles. The number of halogens is 3. The average Bonchev–Trinajstić information content (AvgIpc) is 2.59. The highest BCUT2D eigenvalue weighted by molar-refractivity contribution is 5.97. The third kappa shape index (κ3) is 4.99. The smallest absolute Gasteiger partial charge is 0.386 e. The second kappa shape index (κ2) is 7.39. The number of nitriles is 1. The van der Waals surface area contributed by atoms with E-state index < -0.39 is 18.6 Å². The van der Waals surface area contributed by atoms with Gasteiger partial charge in [0.15, 0.2) is 17.2 Å². The molecule has 2 aromatic rings. The third-order valence-electron chi connectivity index (χ3n) is 2.75. The fraction of sp³-hybridized carbons (Fsp3) is 0.231. The molecule has 0 saturated carbocycles. The second-order valence-electron chi connectivity index (χ2n) is 4.56. The molecule has 0 aliphatic heterocycles. The van der Waals surface area contributed by atoms with Crippen LogP contribution in [0.15, 0.2) is 18.5 Å². The lowest BCUT2D eigenvalue weighted by Gasteiger charge is -2.11. The molecule has 0 aliphatic rings. The number of carbonyl (C=O) groups is 1. The predicted octanol–water partition coefficient (Wildman–Crippen LogP) is 1.22. The Morgan fingerprint density at radius 2 is 2.00 bits per heavy atom. The van der Waals surface area contributed by atoms with Crippen LogP contribution >= 0.6 is 0 Å². The fourth-order valence-electron chi connectivity index (χ4n) is 1.66. The Morgan fingerprint density at radius 3 is 2.56 bits per heavy atom. The van der Waals surface area contributed by atoms with Crippen LogP contribution in [-0.4, -0.2) is 45.8 Å². The maximum Gasteiger partial charge on any atom is 0.405 e. The Kier molecular flexibility index (Phi) is 5.28. The molecule has 2 aromatic heterocycles. The normalized spacial score (nSPS) is 10.7. The van der Waals surface area contributed by atoms with Gasteiger partial charge in [0, 0.05) is 13.1 Å². The molecule has 0 aromatic carbocycles. The summed E-state index contributed by atoms with van der Waals surface area (Å²) in [6.07, 6.45) is -1.99. The maximum absolute atomic E-state index is 12.2. The van der Waals surface area contributed by atoms with E-state index in [2.05, 4.69) is 30.8 Å². The van der Waals surface area contributed by atoms with Crippen molar-refractivity contribution in [1.82, 2.24) is 25.5 Å². The summed E-state index contributed by atoms with van der Waals surface area (Å²) in [6, 6.07) is 3.19. The first-order valence-electron chi connectivity index (χ1n) is 6.72. The lowest BCUT2D eigenvalue weighted by Crippen LogP contribution is -2.34. The monoisotopic (exact) mass is 352 g/mol. The van der Waals surface area contributed by atoms with Crippen LogP contribution in [-0.2, 0) is 0 Å². The number of hydrogen-bond acceptors (Lipinski definition) is 8. The van der Waals surface area contributed by atoms with Gasteiger partial charge in [-0.15, -0.1) is 10.2 Å². The van der Waals surface area contributed by atoms with E-state index in [4.69, 9.17) is 5.26 Å². The zero-order valence-corrected chi connectivity index (χ0v) is 12.7. The van der Waals surface area contributed by atoms with Gasteiger partial charge in [0.2, 0.25) is 0 Å². The minimum atomic E-state index is -4.53. The van der Waals surface area contributed by atoms with Crippen molar-refractivity contribution in [2.24, 2.45) is 0 Å². The van der Waals surface area contributed by atoms with Crippen molar-refractivity contribution in [1.29, 1.82) is 5.26 Å². The Bertz CT molecular complexity index is 800. The standard InChI is InChI=1S/C13H11F3N8O/c1-18-8-2-9(22-10-5-19-7(3-17)4-20-10)23-24-11(8)12(25)21-6-13(14,15)16/h2,4-5H,6H2,1H3,(H,21,25)(H2,18,20,22,23). The molecule has 0 radical (unpaired) electrons. The van der Waals surface area contributed by atoms with Gasteiger partial charge in [-0.2, -0.15) is 18.4 Å². The van der Waals surface area contributed by atoms with Crippen molar-refractivity contribution >= 4 is 23.2 Å². The first-order chi connectivity index (χ1) is 11.8. The molecular weight excluding hydrogens is 341 g/mol. The highest BCUT2D eigenvalue weighted by Gasteiger charge is 2.28. The minimum Gasteiger partial charge on any atom is -0.386 e. The molecule has 9 nitrogen and oxygen atoms in total. The summed E-state index contributed by atoms with van der Waals surface area (Å²) in [7, 11) is 1.48. The topological polar surface area (TPSA) is 129 Å². The lowest BCUT2D eigenvalue weighted by atomic mass is 10.3. The average molecular weight is 352 g/mol. The number of rotatable bonds is 5. The minimum absolute atomic E-state index is 0.129. The van der Waals surface area contributed by atoms with E-state index in [1.807, 2.05) is 6.07 Å². The molecule has 25 heavy (non-hydrogen) atoms. The van der Waals surface area contributed by atoms with Gasteiger partial charge in [-0.05, 0) is 0 Å². The number of anilines is 3. The van der Waals surface area contributed by atoms with E-state index >= 15 is 0 Å². The summed E-state index contributed by atoms with van der Waals surface area (Å²) >= 11 is 0. The van der Waals surface area contributed by atoms with Gasteiger partial charge >= 0.3 is 6.18 Å². The number of hydrogen-bond donors (Lipinski definition) is 3. The molecule has 0 fully saturated rings. The molecule has 130 valence electrons. The van der Waals surface area contributed by atoms with Gasteiger partial charge in [0.25, 0.3) is 5.91 Å². The fourth-order valence-corrected chi connectivity index (χ4v) is 1.66. The summed E-state index contributed by atoms with van der Waals surface area (Å²) in [5.74, 6) is -0.570.